The van der Waals surface area contributed by atoms with Crippen molar-refractivity contribution in [1.29, 1.82) is 0 Å². The fraction of sp³-hybridized carbons (Fsp3) is 0.133. The Bertz CT molecular complexity index is 655. The van der Waals surface area contributed by atoms with Crippen molar-refractivity contribution in [3.63, 3.8) is 0 Å². The summed E-state index contributed by atoms with van der Waals surface area (Å²) in [4.78, 5) is 11.0. The molecule has 0 aliphatic rings. The highest BCUT2D eigenvalue weighted by molar-refractivity contribution is 6.32. The van der Waals surface area contributed by atoms with E-state index in [1.165, 1.54) is 31.4 Å². The lowest BCUT2D eigenvalue weighted by Gasteiger charge is -2.13. The van der Waals surface area contributed by atoms with Crippen LogP contribution in [0, 0.1) is 5.82 Å². The Morgan fingerprint density at radius 1 is 1.29 bits per heavy atom. The van der Waals surface area contributed by atoms with E-state index < -0.39 is 5.97 Å². The third kappa shape index (κ3) is 3.64. The zero-order valence-electron chi connectivity index (χ0n) is 11.1. The van der Waals surface area contributed by atoms with Gasteiger partial charge in [-0.3, -0.25) is 0 Å². The number of benzene rings is 2. The van der Waals surface area contributed by atoms with Gasteiger partial charge in [0.25, 0.3) is 0 Å². The van der Waals surface area contributed by atoms with Gasteiger partial charge in [0, 0.05) is 0 Å². The number of hydrogen-bond donors (Lipinski definition) is 1. The van der Waals surface area contributed by atoms with Crippen LogP contribution >= 0.6 is 11.6 Å². The second-order valence-electron chi connectivity index (χ2n) is 4.21. The highest BCUT2D eigenvalue weighted by Crippen LogP contribution is 2.36. The Morgan fingerprint density at radius 3 is 2.52 bits per heavy atom. The van der Waals surface area contributed by atoms with Gasteiger partial charge in [0.2, 0.25) is 0 Å². The van der Waals surface area contributed by atoms with Crippen molar-refractivity contribution in [1.82, 2.24) is 0 Å². The first kappa shape index (κ1) is 15.1. The van der Waals surface area contributed by atoms with Crippen molar-refractivity contribution in [2.24, 2.45) is 0 Å². The standard InChI is InChI=1S/C15H12ClFO4/c1-20-13-7-10(15(18)19)6-12(16)14(13)21-8-9-2-4-11(17)5-3-9/h2-7H,8H2,1H3,(H,18,19). The maximum absolute atomic E-state index is 12.8. The SMILES string of the molecule is COc1cc(C(=O)O)cc(Cl)c1OCc1ccc(F)cc1. The van der Waals surface area contributed by atoms with Gasteiger partial charge in [-0.25, -0.2) is 9.18 Å². The largest absolute Gasteiger partial charge is 0.493 e. The van der Waals surface area contributed by atoms with Crippen LogP contribution in [0.1, 0.15) is 15.9 Å². The fourth-order valence-electron chi connectivity index (χ4n) is 1.72. The van der Waals surface area contributed by atoms with Gasteiger partial charge < -0.3 is 14.6 Å². The Morgan fingerprint density at radius 2 is 1.95 bits per heavy atom. The Kier molecular flexibility index (Phi) is 4.65. The van der Waals surface area contributed by atoms with Crippen LogP contribution in [0.25, 0.3) is 0 Å². The van der Waals surface area contributed by atoms with E-state index in [1.807, 2.05) is 0 Å². The summed E-state index contributed by atoms with van der Waals surface area (Å²) >= 11 is 6.02. The topological polar surface area (TPSA) is 55.8 Å². The molecule has 21 heavy (non-hydrogen) atoms. The molecule has 2 rings (SSSR count). The van der Waals surface area contributed by atoms with Crippen LogP contribution in [0.5, 0.6) is 11.5 Å². The summed E-state index contributed by atoms with van der Waals surface area (Å²) in [5, 5.41) is 9.10. The zero-order chi connectivity index (χ0) is 15.4. The van der Waals surface area contributed by atoms with E-state index in [-0.39, 0.29) is 34.5 Å². The van der Waals surface area contributed by atoms with Crippen molar-refractivity contribution >= 4 is 17.6 Å². The molecule has 0 bridgehead atoms. The highest BCUT2D eigenvalue weighted by atomic mass is 35.5. The predicted octanol–water partition coefficient (Wildman–Crippen LogP) is 3.76. The molecule has 0 radical (unpaired) electrons. The fourth-order valence-corrected chi connectivity index (χ4v) is 1.98. The van der Waals surface area contributed by atoms with Gasteiger partial charge in [0.05, 0.1) is 17.7 Å². The molecule has 0 aliphatic carbocycles. The molecule has 0 heterocycles. The van der Waals surface area contributed by atoms with Crippen molar-refractivity contribution in [3.05, 3.63) is 58.4 Å². The van der Waals surface area contributed by atoms with Gasteiger partial charge in [-0.05, 0) is 29.8 Å². The first-order valence-corrected chi connectivity index (χ1v) is 6.37. The molecule has 0 unspecified atom stereocenters. The van der Waals surface area contributed by atoms with Crippen molar-refractivity contribution in [3.8, 4) is 11.5 Å². The molecule has 0 aliphatic heterocycles. The second kappa shape index (κ2) is 6.45. The number of hydrogen-bond acceptors (Lipinski definition) is 3. The Labute approximate surface area is 125 Å². The number of methoxy groups -OCH3 is 1. The minimum atomic E-state index is -1.11. The van der Waals surface area contributed by atoms with E-state index in [4.69, 9.17) is 26.2 Å². The van der Waals surface area contributed by atoms with Crippen LogP contribution in [0.4, 0.5) is 4.39 Å². The van der Waals surface area contributed by atoms with Crippen molar-refractivity contribution < 1.29 is 23.8 Å². The van der Waals surface area contributed by atoms with E-state index in [0.717, 1.165) is 5.56 Å². The normalized spacial score (nSPS) is 10.2. The molecular weight excluding hydrogens is 299 g/mol. The maximum Gasteiger partial charge on any atom is 0.335 e. The van der Waals surface area contributed by atoms with Gasteiger partial charge in [-0.1, -0.05) is 23.7 Å². The lowest BCUT2D eigenvalue weighted by molar-refractivity contribution is 0.0696. The predicted molar refractivity (Wildman–Crippen MR) is 75.7 cm³/mol. The third-order valence-corrected chi connectivity index (χ3v) is 3.05. The van der Waals surface area contributed by atoms with E-state index >= 15 is 0 Å². The Hall–Kier alpha value is -2.27. The van der Waals surface area contributed by atoms with Gasteiger partial charge in [-0.2, -0.15) is 0 Å². The number of ether oxygens (including phenoxy) is 2. The lowest BCUT2D eigenvalue weighted by Crippen LogP contribution is -2.02. The number of carbonyl (C=O) groups is 1. The highest BCUT2D eigenvalue weighted by Gasteiger charge is 2.15. The molecule has 0 atom stereocenters. The summed E-state index contributed by atoms with van der Waals surface area (Å²) in [6, 6.07) is 8.43. The van der Waals surface area contributed by atoms with Gasteiger partial charge in [0.1, 0.15) is 12.4 Å². The number of carboxylic acids is 1. The van der Waals surface area contributed by atoms with Crippen LogP contribution in [-0.2, 0) is 6.61 Å². The summed E-state index contributed by atoms with van der Waals surface area (Å²) in [6.45, 7) is 0.156. The molecule has 0 amide bonds. The lowest BCUT2D eigenvalue weighted by atomic mass is 10.2. The van der Waals surface area contributed by atoms with E-state index in [9.17, 15) is 9.18 Å². The smallest absolute Gasteiger partial charge is 0.335 e. The van der Waals surface area contributed by atoms with Crippen LogP contribution in [-0.4, -0.2) is 18.2 Å². The molecule has 0 saturated carbocycles. The molecule has 0 aromatic heterocycles. The third-order valence-electron chi connectivity index (χ3n) is 2.77. The zero-order valence-corrected chi connectivity index (χ0v) is 11.9. The maximum atomic E-state index is 12.8. The average molecular weight is 311 g/mol. The van der Waals surface area contributed by atoms with Crippen LogP contribution in [0.2, 0.25) is 5.02 Å². The molecule has 0 fully saturated rings. The number of carboxylic acid groups (broad SMARTS) is 1. The molecule has 110 valence electrons. The first-order valence-electron chi connectivity index (χ1n) is 5.99. The molecule has 4 nitrogen and oxygen atoms in total. The molecule has 1 N–H and O–H groups in total. The molecule has 6 heteroatoms. The average Bonchev–Trinajstić information content (AvgIpc) is 2.46. The molecule has 0 spiro atoms. The monoisotopic (exact) mass is 310 g/mol. The van der Waals surface area contributed by atoms with Crippen LogP contribution in [0.15, 0.2) is 36.4 Å². The van der Waals surface area contributed by atoms with E-state index in [2.05, 4.69) is 0 Å². The van der Waals surface area contributed by atoms with Crippen LogP contribution in [0.3, 0.4) is 0 Å². The van der Waals surface area contributed by atoms with Gasteiger partial charge >= 0.3 is 5.97 Å². The number of rotatable bonds is 5. The molecular formula is C15H12ClFO4. The van der Waals surface area contributed by atoms with Crippen molar-refractivity contribution in [2.45, 2.75) is 6.61 Å². The Balaban J connectivity index is 2.23. The summed E-state index contributed by atoms with van der Waals surface area (Å²) in [5.41, 5.74) is 0.753. The minimum Gasteiger partial charge on any atom is -0.493 e. The van der Waals surface area contributed by atoms with Crippen molar-refractivity contribution in [2.75, 3.05) is 7.11 Å². The minimum absolute atomic E-state index is 0.00554. The number of halogens is 2. The summed E-state index contributed by atoms with van der Waals surface area (Å²) in [7, 11) is 1.39. The summed E-state index contributed by atoms with van der Waals surface area (Å²) in [5.74, 6) is -0.976. The van der Waals surface area contributed by atoms with E-state index in [1.54, 1.807) is 12.1 Å². The van der Waals surface area contributed by atoms with Crippen LogP contribution < -0.4 is 9.47 Å². The second-order valence-corrected chi connectivity index (χ2v) is 4.62. The van der Waals surface area contributed by atoms with Gasteiger partial charge in [0.15, 0.2) is 11.5 Å². The van der Waals surface area contributed by atoms with Gasteiger partial charge in [-0.15, -0.1) is 0 Å². The number of aromatic carboxylic acids is 1. The molecule has 2 aromatic rings. The quantitative estimate of drug-likeness (QED) is 0.913. The molecule has 2 aromatic carbocycles. The molecule has 0 saturated heterocycles. The van der Waals surface area contributed by atoms with E-state index in [0.29, 0.717) is 0 Å². The summed E-state index contributed by atoms with van der Waals surface area (Å²) in [6.07, 6.45) is 0. The summed E-state index contributed by atoms with van der Waals surface area (Å²) < 4.78 is 23.5. The first-order chi connectivity index (χ1) is 10.0.